The molecule has 3 atom stereocenters. The first-order valence-electron chi connectivity index (χ1n) is 10.3. The minimum atomic E-state index is -0.254. The van der Waals surface area contributed by atoms with Crippen LogP contribution < -0.4 is 16.1 Å². The predicted octanol–water partition coefficient (Wildman–Crippen LogP) is 2.81. The molecule has 5 rings (SSSR count). The summed E-state index contributed by atoms with van der Waals surface area (Å²) < 4.78 is 13.6. The van der Waals surface area contributed by atoms with Crippen LogP contribution in [0.3, 0.4) is 0 Å². The van der Waals surface area contributed by atoms with E-state index in [0.29, 0.717) is 5.92 Å². The Morgan fingerprint density at radius 1 is 0.931 bits per heavy atom. The van der Waals surface area contributed by atoms with Crippen LogP contribution in [0.2, 0.25) is 0 Å². The molecular formula is C23H25FN4O. The van der Waals surface area contributed by atoms with Gasteiger partial charge in [-0.05, 0) is 49.2 Å². The van der Waals surface area contributed by atoms with E-state index in [0.717, 1.165) is 42.8 Å². The number of hydrazine groups is 1. The zero-order valence-electron chi connectivity index (χ0n) is 16.1. The number of halogens is 1. The molecule has 6 heteroatoms. The number of nitrogens with one attached hydrogen (secondary N) is 3. The maximum atomic E-state index is 13.6. The van der Waals surface area contributed by atoms with E-state index in [1.54, 1.807) is 6.08 Å². The molecule has 0 radical (unpaired) electrons. The van der Waals surface area contributed by atoms with E-state index in [-0.39, 0.29) is 29.8 Å². The third kappa shape index (κ3) is 3.43. The number of piperidine rings is 1. The number of hydrogen-bond donors (Lipinski definition) is 3. The van der Waals surface area contributed by atoms with Gasteiger partial charge in [0.1, 0.15) is 12.0 Å². The Hall–Kier alpha value is -2.70. The number of rotatable bonds is 3. The highest BCUT2D eigenvalue weighted by Gasteiger charge is 2.47. The predicted molar refractivity (Wildman–Crippen MR) is 109 cm³/mol. The van der Waals surface area contributed by atoms with Crippen molar-refractivity contribution in [2.75, 3.05) is 13.1 Å². The van der Waals surface area contributed by atoms with E-state index >= 15 is 0 Å². The first-order valence-corrected chi connectivity index (χ1v) is 10.3. The van der Waals surface area contributed by atoms with Crippen LogP contribution in [0.25, 0.3) is 0 Å². The summed E-state index contributed by atoms with van der Waals surface area (Å²) in [7, 11) is 0. The molecule has 3 N–H and O–H groups in total. The second kappa shape index (κ2) is 7.61. The van der Waals surface area contributed by atoms with Crippen molar-refractivity contribution in [2.24, 2.45) is 5.92 Å². The second-order valence-electron chi connectivity index (χ2n) is 8.01. The fourth-order valence-corrected chi connectivity index (χ4v) is 4.87. The normalized spacial score (nSPS) is 27.3. The van der Waals surface area contributed by atoms with E-state index < -0.39 is 0 Å². The van der Waals surface area contributed by atoms with Crippen molar-refractivity contribution in [3.05, 3.63) is 83.3 Å². The van der Waals surface area contributed by atoms with E-state index in [4.69, 9.17) is 0 Å². The standard InChI is InChI=1S/C23H25FN4O/c24-18-8-6-16(7-9-18)21-22(17-4-2-1-3-5-17)27-28-19(14-20(29)26-23(21)28)15-10-12-25-13-11-15/h1-9,14-15,21-23,25,27H,10-13H2,(H,26,29). The van der Waals surface area contributed by atoms with Crippen LogP contribution in [0.4, 0.5) is 4.39 Å². The van der Waals surface area contributed by atoms with Gasteiger partial charge in [-0.1, -0.05) is 42.5 Å². The molecular weight excluding hydrogens is 367 g/mol. The lowest BCUT2D eigenvalue weighted by atomic mass is 9.85. The van der Waals surface area contributed by atoms with Gasteiger partial charge in [-0.25, -0.2) is 9.82 Å². The Morgan fingerprint density at radius 2 is 1.66 bits per heavy atom. The summed E-state index contributed by atoms with van der Waals surface area (Å²) in [5.41, 5.74) is 6.89. The fourth-order valence-electron chi connectivity index (χ4n) is 4.87. The van der Waals surface area contributed by atoms with Crippen molar-refractivity contribution >= 4 is 5.91 Å². The van der Waals surface area contributed by atoms with E-state index in [1.807, 2.05) is 30.3 Å². The number of benzene rings is 2. The Labute approximate surface area is 170 Å². The van der Waals surface area contributed by atoms with Crippen LogP contribution in [0.1, 0.15) is 35.9 Å². The maximum Gasteiger partial charge on any atom is 0.247 e. The Morgan fingerprint density at radius 3 is 2.38 bits per heavy atom. The minimum absolute atomic E-state index is 0.0184. The topological polar surface area (TPSA) is 56.4 Å². The fraction of sp³-hybridized carbons (Fsp3) is 0.348. The summed E-state index contributed by atoms with van der Waals surface area (Å²) in [6, 6.07) is 16.9. The van der Waals surface area contributed by atoms with E-state index in [2.05, 4.69) is 33.2 Å². The van der Waals surface area contributed by atoms with Gasteiger partial charge in [0.15, 0.2) is 0 Å². The molecule has 3 unspecified atom stereocenters. The van der Waals surface area contributed by atoms with Crippen LogP contribution in [0, 0.1) is 11.7 Å². The molecule has 0 aromatic heterocycles. The molecule has 2 fully saturated rings. The molecule has 3 heterocycles. The molecule has 150 valence electrons. The van der Waals surface area contributed by atoms with Gasteiger partial charge in [0.25, 0.3) is 0 Å². The summed E-state index contributed by atoms with van der Waals surface area (Å²) in [5.74, 6) is 0.00579. The van der Waals surface area contributed by atoms with Gasteiger partial charge in [0, 0.05) is 23.6 Å². The van der Waals surface area contributed by atoms with Crippen LogP contribution in [0.15, 0.2) is 66.4 Å². The quantitative estimate of drug-likeness (QED) is 0.752. The van der Waals surface area contributed by atoms with Crippen molar-refractivity contribution < 1.29 is 9.18 Å². The molecule has 5 nitrogen and oxygen atoms in total. The molecule has 0 aliphatic carbocycles. The van der Waals surface area contributed by atoms with Crippen LogP contribution in [-0.4, -0.2) is 30.2 Å². The maximum absolute atomic E-state index is 13.6. The Kier molecular flexibility index (Phi) is 4.81. The van der Waals surface area contributed by atoms with Gasteiger partial charge in [-0.15, -0.1) is 0 Å². The minimum Gasteiger partial charge on any atom is -0.330 e. The average Bonchev–Trinajstić information content (AvgIpc) is 3.14. The smallest absolute Gasteiger partial charge is 0.247 e. The zero-order chi connectivity index (χ0) is 19.8. The summed E-state index contributed by atoms with van der Waals surface area (Å²) in [5, 5.41) is 8.70. The van der Waals surface area contributed by atoms with Gasteiger partial charge in [-0.2, -0.15) is 0 Å². The van der Waals surface area contributed by atoms with E-state index in [9.17, 15) is 9.18 Å². The van der Waals surface area contributed by atoms with E-state index in [1.165, 1.54) is 12.1 Å². The zero-order valence-corrected chi connectivity index (χ0v) is 16.1. The second-order valence-corrected chi connectivity index (χ2v) is 8.01. The highest BCUT2D eigenvalue weighted by molar-refractivity contribution is 5.89. The number of fused-ring (bicyclic) bond motifs is 1. The lowest BCUT2D eigenvalue weighted by Crippen LogP contribution is -2.53. The summed E-state index contributed by atoms with van der Waals surface area (Å²) in [6.07, 6.45) is 3.56. The first-order chi connectivity index (χ1) is 14.2. The Balaban J connectivity index is 1.55. The Bertz CT molecular complexity index is 908. The van der Waals surface area contributed by atoms with Crippen molar-refractivity contribution in [1.29, 1.82) is 0 Å². The number of carbonyl (C=O) groups excluding carboxylic acids is 1. The molecule has 3 aliphatic rings. The lowest BCUT2D eigenvalue weighted by molar-refractivity contribution is -0.119. The SMILES string of the molecule is O=C1C=C(C2CCNCC2)N2NC(c3ccccc3)C(c3ccc(F)cc3)C2N1. The van der Waals surface area contributed by atoms with Crippen LogP contribution >= 0.6 is 0 Å². The molecule has 2 aromatic carbocycles. The largest absolute Gasteiger partial charge is 0.330 e. The molecule has 1 amide bonds. The third-order valence-electron chi connectivity index (χ3n) is 6.27. The summed E-state index contributed by atoms with van der Waals surface area (Å²) in [6.45, 7) is 1.93. The van der Waals surface area contributed by atoms with Crippen molar-refractivity contribution in [1.82, 2.24) is 21.1 Å². The molecule has 0 saturated carbocycles. The highest BCUT2D eigenvalue weighted by Crippen LogP contribution is 2.44. The number of hydrogen-bond acceptors (Lipinski definition) is 4. The number of allylic oxidation sites excluding steroid dienone is 1. The number of nitrogens with zero attached hydrogens (tertiary/aromatic N) is 1. The van der Waals surface area contributed by atoms with Gasteiger partial charge >= 0.3 is 0 Å². The van der Waals surface area contributed by atoms with Gasteiger partial charge in [0.05, 0.1) is 6.04 Å². The molecule has 0 bridgehead atoms. The van der Waals surface area contributed by atoms with Crippen molar-refractivity contribution in [3.63, 3.8) is 0 Å². The third-order valence-corrected chi connectivity index (χ3v) is 6.27. The van der Waals surface area contributed by atoms with Crippen molar-refractivity contribution in [2.45, 2.75) is 31.0 Å². The lowest BCUT2D eigenvalue weighted by Gasteiger charge is -2.39. The van der Waals surface area contributed by atoms with Gasteiger partial charge < -0.3 is 10.6 Å². The van der Waals surface area contributed by atoms with Crippen LogP contribution in [-0.2, 0) is 4.79 Å². The highest BCUT2D eigenvalue weighted by atomic mass is 19.1. The first kappa shape index (κ1) is 18.3. The molecule has 0 spiro atoms. The van der Waals surface area contributed by atoms with Crippen LogP contribution in [0.5, 0.6) is 0 Å². The molecule has 29 heavy (non-hydrogen) atoms. The summed E-state index contributed by atoms with van der Waals surface area (Å²) in [4.78, 5) is 12.6. The van der Waals surface area contributed by atoms with Gasteiger partial charge in [0.2, 0.25) is 5.91 Å². The number of carbonyl (C=O) groups is 1. The molecule has 3 aliphatic heterocycles. The summed E-state index contributed by atoms with van der Waals surface area (Å²) >= 11 is 0. The molecule has 2 saturated heterocycles. The van der Waals surface area contributed by atoms with Gasteiger partial charge in [-0.3, -0.25) is 9.80 Å². The average molecular weight is 392 g/mol. The monoisotopic (exact) mass is 392 g/mol. The van der Waals surface area contributed by atoms with Crippen molar-refractivity contribution in [3.8, 4) is 0 Å². The number of amides is 1. The molecule has 2 aromatic rings.